The molecule has 12 heteroatoms. The molecule has 1 unspecified atom stereocenters. The molecule has 180 valence electrons. The summed E-state index contributed by atoms with van der Waals surface area (Å²) >= 11 is 0. The number of alkyl halides is 3. The Morgan fingerprint density at radius 3 is 2.29 bits per heavy atom. The van der Waals surface area contributed by atoms with Crippen molar-refractivity contribution in [1.82, 2.24) is 30.0 Å². The van der Waals surface area contributed by atoms with Crippen LogP contribution >= 0.6 is 0 Å². The fraction of sp³-hybridized carbons (Fsp3) is 0.174. The molecule has 0 bridgehead atoms. The summed E-state index contributed by atoms with van der Waals surface area (Å²) in [5.74, 6) is 0.241. The van der Waals surface area contributed by atoms with Crippen LogP contribution in [0, 0.1) is 0 Å². The first-order valence-electron chi connectivity index (χ1n) is 10.4. The van der Waals surface area contributed by atoms with Gasteiger partial charge in [0.25, 0.3) is 5.91 Å². The van der Waals surface area contributed by atoms with E-state index in [-0.39, 0.29) is 11.5 Å². The van der Waals surface area contributed by atoms with E-state index in [2.05, 4.69) is 25.4 Å². The fourth-order valence-electron chi connectivity index (χ4n) is 3.14. The van der Waals surface area contributed by atoms with E-state index in [1.54, 1.807) is 36.1 Å². The standard InChI is InChI=1S/C23H21F3N8O/c1-13(23(24,25)26)29-20(35)16-5-3-15(4-6-16)19-32-22(34(2)33-19)30-17-9-7-14(8-10-17)18-11-12-28-21(27)31-18/h3-13H,1-2H3,(H,29,35)(H2,27,28,31)(H,30,32,33). The third-order valence-electron chi connectivity index (χ3n) is 5.12. The number of hydrogen-bond donors (Lipinski definition) is 3. The van der Waals surface area contributed by atoms with Gasteiger partial charge in [0, 0.05) is 35.6 Å². The van der Waals surface area contributed by atoms with E-state index in [0.717, 1.165) is 18.2 Å². The van der Waals surface area contributed by atoms with Crippen LogP contribution in [0.25, 0.3) is 22.6 Å². The summed E-state index contributed by atoms with van der Waals surface area (Å²) in [5, 5.41) is 9.48. The van der Waals surface area contributed by atoms with Crippen molar-refractivity contribution >= 4 is 23.5 Å². The van der Waals surface area contributed by atoms with Gasteiger partial charge < -0.3 is 16.4 Å². The first-order valence-corrected chi connectivity index (χ1v) is 10.4. The fourth-order valence-corrected chi connectivity index (χ4v) is 3.14. The Morgan fingerprint density at radius 1 is 1.00 bits per heavy atom. The Balaban J connectivity index is 1.45. The molecule has 2 heterocycles. The number of amides is 1. The van der Waals surface area contributed by atoms with Gasteiger partial charge in [-0.15, -0.1) is 5.10 Å². The summed E-state index contributed by atoms with van der Waals surface area (Å²) in [6.07, 6.45) is -2.92. The smallest absolute Gasteiger partial charge is 0.368 e. The third-order valence-corrected chi connectivity index (χ3v) is 5.12. The van der Waals surface area contributed by atoms with Crippen molar-refractivity contribution < 1.29 is 18.0 Å². The molecule has 0 saturated carbocycles. The number of carbonyl (C=O) groups excluding carboxylic acids is 1. The van der Waals surface area contributed by atoms with Crippen molar-refractivity contribution in [3.63, 3.8) is 0 Å². The summed E-state index contributed by atoms with van der Waals surface area (Å²) in [6.45, 7) is 0.887. The number of aromatic nitrogens is 5. The third kappa shape index (κ3) is 5.54. The zero-order chi connectivity index (χ0) is 25.2. The number of halogens is 3. The van der Waals surface area contributed by atoms with Crippen LogP contribution in [0.1, 0.15) is 17.3 Å². The molecule has 9 nitrogen and oxygen atoms in total. The lowest BCUT2D eigenvalue weighted by Crippen LogP contribution is -2.43. The molecule has 1 atom stereocenters. The van der Waals surface area contributed by atoms with Gasteiger partial charge >= 0.3 is 6.18 Å². The molecule has 1 amide bonds. The second-order valence-electron chi connectivity index (χ2n) is 7.70. The number of benzene rings is 2. The average molecular weight is 482 g/mol. The van der Waals surface area contributed by atoms with Crippen molar-refractivity contribution in [1.29, 1.82) is 0 Å². The molecule has 35 heavy (non-hydrogen) atoms. The van der Waals surface area contributed by atoms with E-state index in [4.69, 9.17) is 5.73 Å². The number of aryl methyl sites for hydroxylation is 1. The van der Waals surface area contributed by atoms with Gasteiger partial charge in [-0.1, -0.05) is 24.3 Å². The lowest BCUT2D eigenvalue weighted by atomic mass is 10.1. The van der Waals surface area contributed by atoms with Crippen molar-refractivity contribution in [3.8, 4) is 22.6 Å². The van der Waals surface area contributed by atoms with Crippen molar-refractivity contribution in [2.75, 3.05) is 11.1 Å². The van der Waals surface area contributed by atoms with E-state index in [9.17, 15) is 18.0 Å². The van der Waals surface area contributed by atoms with E-state index in [1.165, 1.54) is 12.1 Å². The van der Waals surface area contributed by atoms with Crippen LogP contribution in [0.3, 0.4) is 0 Å². The average Bonchev–Trinajstić information content (AvgIpc) is 3.19. The molecule has 0 spiro atoms. The summed E-state index contributed by atoms with van der Waals surface area (Å²) in [4.78, 5) is 24.6. The highest BCUT2D eigenvalue weighted by Crippen LogP contribution is 2.24. The first-order chi connectivity index (χ1) is 16.6. The van der Waals surface area contributed by atoms with Crippen LogP contribution in [0.15, 0.2) is 60.8 Å². The highest BCUT2D eigenvalue weighted by Gasteiger charge is 2.37. The second-order valence-corrected chi connectivity index (χ2v) is 7.70. The number of nitrogens with two attached hydrogens (primary N) is 1. The first kappa shape index (κ1) is 23.7. The zero-order valence-corrected chi connectivity index (χ0v) is 18.7. The minimum absolute atomic E-state index is 0.102. The van der Waals surface area contributed by atoms with Crippen LogP contribution in [-0.2, 0) is 7.05 Å². The molecule has 4 aromatic rings. The lowest BCUT2D eigenvalue weighted by molar-refractivity contribution is -0.149. The molecule has 0 saturated heterocycles. The van der Waals surface area contributed by atoms with Crippen LogP contribution in [0.4, 0.5) is 30.8 Å². The molecule has 4 rings (SSSR count). The van der Waals surface area contributed by atoms with Gasteiger partial charge in [0.1, 0.15) is 6.04 Å². The Bertz CT molecular complexity index is 1330. The molecule has 0 aliphatic carbocycles. The maximum absolute atomic E-state index is 12.7. The summed E-state index contributed by atoms with van der Waals surface area (Å²) in [6, 6.07) is 13.3. The maximum Gasteiger partial charge on any atom is 0.408 e. The normalized spacial score (nSPS) is 12.3. The van der Waals surface area contributed by atoms with E-state index >= 15 is 0 Å². The minimum Gasteiger partial charge on any atom is -0.368 e. The number of nitrogens with zero attached hydrogens (tertiary/aromatic N) is 5. The van der Waals surface area contributed by atoms with Gasteiger partial charge in [-0.3, -0.25) is 4.79 Å². The number of nitrogens with one attached hydrogen (secondary N) is 2. The highest BCUT2D eigenvalue weighted by molar-refractivity contribution is 5.94. The van der Waals surface area contributed by atoms with Gasteiger partial charge in [0.15, 0.2) is 5.82 Å². The molecule has 4 N–H and O–H groups in total. The van der Waals surface area contributed by atoms with Crippen LogP contribution in [0.2, 0.25) is 0 Å². The maximum atomic E-state index is 12.7. The van der Waals surface area contributed by atoms with Gasteiger partial charge in [0.05, 0.1) is 5.69 Å². The van der Waals surface area contributed by atoms with Gasteiger partial charge in [-0.2, -0.15) is 18.2 Å². The minimum atomic E-state index is -4.51. The summed E-state index contributed by atoms with van der Waals surface area (Å²) in [7, 11) is 1.72. The van der Waals surface area contributed by atoms with Crippen LogP contribution in [-0.4, -0.2) is 42.9 Å². The quantitative estimate of drug-likeness (QED) is 0.380. The Hall–Kier alpha value is -4.48. The van der Waals surface area contributed by atoms with Crippen LogP contribution in [0.5, 0.6) is 0 Å². The van der Waals surface area contributed by atoms with Crippen LogP contribution < -0.4 is 16.4 Å². The van der Waals surface area contributed by atoms with Gasteiger partial charge in [0.2, 0.25) is 11.9 Å². The molecular weight excluding hydrogens is 461 g/mol. The van der Waals surface area contributed by atoms with Crippen molar-refractivity contribution in [2.24, 2.45) is 7.05 Å². The van der Waals surface area contributed by atoms with E-state index < -0.39 is 18.1 Å². The van der Waals surface area contributed by atoms with Crippen molar-refractivity contribution in [3.05, 3.63) is 66.4 Å². The molecular formula is C23H21F3N8O. The number of anilines is 3. The molecule has 2 aromatic heterocycles. The predicted molar refractivity (Wildman–Crippen MR) is 125 cm³/mol. The SMILES string of the molecule is CC(NC(=O)c1ccc(-c2nc(Nc3ccc(-c4ccnc(N)n4)cc3)n(C)n2)cc1)C(F)(F)F. The Labute approximate surface area is 198 Å². The monoisotopic (exact) mass is 482 g/mol. The molecule has 2 aromatic carbocycles. The Kier molecular flexibility index (Phi) is 6.36. The zero-order valence-electron chi connectivity index (χ0n) is 18.7. The van der Waals surface area contributed by atoms with E-state index in [0.29, 0.717) is 23.0 Å². The topological polar surface area (TPSA) is 124 Å². The number of nitrogen functional groups attached to an aromatic ring is 1. The molecule has 0 aliphatic rings. The summed E-state index contributed by atoms with van der Waals surface area (Å²) in [5.41, 5.74) is 8.69. The predicted octanol–water partition coefficient (Wildman–Crippen LogP) is 3.95. The van der Waals surface area contributed by atoms with Gasteiger partial charge in [-0.25, -0.2) is 14.6 Å². The number of rotatable bonds is 6. The molecule has 0 aliphatic heterocycles. The molecule has 0 radical (unpaired) electrons. The summed E-state index contributed by atoms with van der Waals surface area (Å²) < 4.78 is 39.6. The number of carbonyl (C=O) groups is 1. The van der Waals surface area contributed by atoms with E-state index in [1.807, 2.05) is 29.6 Å². The second kappa shape index (κ2) is 9.41. The van der Waals surface area contributed by atoms with Crippen molar-refractivity contribution in [2.45, 2.75) is 19.1 Å². The molecule has 0 fully saturated rings. The largest absolute Gasteiger partial charge is 0.408 e. The highest BCUT2D eigenvalue weighted by atomic mass is 19.4. The van der Waals surface area contributed by atoms with Gasteiger partial charge in [-0.05, 0) is 37.3 Å². The lowest BCUT2D eigenvalue weighted by Gasteiger charge is -2.17. The Morgan fingerprint density at radius 2 is 1.66 bits per heavy atom. The number of hydrogen-bond acceptors (Lipinski definition) is 7.